The van der Waals surface area contributed by atoms with Crippen LogP contribution in [0.3, 0.4) is 0 Å². The maximum atomic E-state index is 9.65. The Morgan fingerprint density at radius 1 is 1.42 bits per heavy atom. The number of hydrogen-bond donors (Lipinski definition) is 2. The summed E-state index contributed by atoms with van der Waals surface area (Å²) >= 11 is 0. The Kier molecular flexibility index (Phi) is 2.76. The molecule has 1 rings (SSSR count). The normalized spacial score (nSPS) is 15.6. The van der Waals surface area contributed by atoms with Gasteiger partial charge in [0.05, 0.1) is 12.1 Å². The molecule has 1 aromatic rings. The summed E-state index contributed by atoms with van der Waals surface area (Å²) < 4.78 is 1.84. The molecule has 0 fully saturated rings. The molecule has 0 spiro atoms. The van der Waals surface area contributed by atoms with E-state index in [2.05, 4.69) is 5.43 Å². The second-order valence-corrected chi connectivity index (χ2v) is 3.28. The third kappa shape index (κ3) is 2.58. The summed E-state index contributed by atoms with van der Waals surface area (Å²) in [5, 5.41) is 9.65. The maximum absolute atomic E-state index is 9.65. The molecule has 12 heavy (non-hydrogen) atoms. The molecular weight excluding hydrogens is 152 g/mol. The number of nitrogens with zero attached hydrogens (tertiary/aromatic N) is 1. The lowest BCUT2D eigenvalue weighted by Crippen LogP contribution is -2.35. The first kappa shape index (κ1) is 9.13. The molecule has 1 atom stereocenters. The Morgan fingerprint density at radius 3 is 2.50 bits per heavy atom. The summed E-state index contributed by atoms with van der Waals surface area (Å²) in [7, 11) is 0. The molecule has 0 radical (unpaired) electrons. The van der Waals surface area contributed by atoms with Gasteiger partial charge in [0.2, 0.25) is 0 Å². The zero-order valence-corrected chi connectivity index (χ0v) is 7.62. The molecule has 2 N–H and O–H groups in total. The fraction of sp³-hybridized carbons (Fsp3) is 0.556. The van der Waals surface area contributed by atoms with Gasteiger partial charge >= 0.3 is 0 Å². The Bertz CT molecular complexity index is 216. The lowest BCUT2D eigenvalue weighted by Gasteiger charge is -2.22. The maximum Gasteiger partial charge on any atom is 0.0804 e. The number of nitrogens with one attached hydrogen (secondary N) is 1. The Labute approximate surface area is 73.0 Å². The number of rotatable bonds is 4. The van der Waals surface area contributed by atoms with Crippen LogP contribution in [0.4, 0.5) is 0 Å². The van der Waals surface area contributed by atoms with E-state index in [1.54, 1.807) is 0 Å². The molecule has 1 unspecified atom stereocenters. The van der Waals surface area contributed by atoms with Crippen molar-refractivity contribution in [2.45, 2.75) is 25.9 Å². The third-order valence-corrected chi connectivity index (χ3v) is 2.01. The molecule has 0 aliphatic heterocycles. The highest BCUT2D eigenvalue weighted by molar-refractivity contribution is 4.94. The summed E-state index contributed by atoms with van der Waals surface area (Å²) in [4.78, 5) is 0. The topological polar surface area (TPSA) is 37.2 Å². The van der Waals surface area contributed by atoms with Gasteiger partial charge in [0.25, 0.3) is 0 Å². The van der Waals surface area contributed by atoms with Gasteiger partial charge in [-0.05, 0) is 25.5 Å². The van der Waals surface area contributed by atoms with Gasteiger partial charge in [-0.2, -0.15) is 0 Å². The van der Waals surface area contributed by atoms with Gasteiger partial charge in [-0.3, -0.25) is 4.68 Å². The van der Waals surface area contributed by atoms with E-state index in [0.717, 1.165) is 6.42 Å². The second-order valence-electron chi connectivity index (χ2n) is 3.28. The summed E-state index contributed by atoms with van der Waals surface area (Å²) in [5.41, 5.74) is 2.46. The molecule has 0 aliphatic carbocycles. The molecule has 0 amide bonds. The van der Waals surface area contributed by atoms with E-state index in [-0.39, 0.29) is 0 Å². The van der Waals surface area contributed by atoms with Crippen molar-refractivity contribution < 1.29 is 5.11 Å². The minimum Gasteiger partial charge on any atom is -0.388 e. The van der Waals surface area contributed by atoms with Gasteiger partial charge in [-0.15, -0.1) is 0 Å². The standard InChI is InChI=1S/C9H16N2O/c1-3-9(2,12)8-10-11-6-4-5-7-11/h4-7,10,12H,3,8H2,1-2H3. The van der Waals surface area contributed by atoms with Crippen LogP contribution in [0.2, 0.25) is 0 Å². The highest BCUT2D eigenvalue weighted by Gasteiger charge is 2.16. The minimum absolute atomic E-state index is 0.568. The van der Waals surface area contributed by atoms with E-state index < -0.39 is 5.60 Å². The highest BCUT2D eigenvalue weighted by atomic mass is 16.3. The van der Waals surface area contributed by atoms with Crippen molar-refractivity contribution in [1.29, 1.82) is 0 Å². The van der Waals surface area contributed by atoms with Crippen molar-refractivity contribution in [2.75, 3.05) is 12.0 Å². The molecule has 0 saturated heterocycles. The largest absolute Gasteiger partial charge is 0.388 e. The van der Waals surface area contributed by atoms with Crippen molar-refractivity contribution in [3.8, 4) is 0 Å². The quantitative estimate of drug-likeness (QED) is 0.708. The molecule has 1 aromatic heterocycles. The molecule has 0 aliphatic rings. The predicted octanol–water partition coefficient (Wildman–Crippen LogP) is 1.19. The summed E-state index contributed by atoms with van der Waals surface area (Å²) in [6.07, 6.45) is 4.57. The fourth-order valence-electron chi connectivity index (χ4n) is 0.827. The monoisotopic (exact) mass is 168 g/mol. The molecule has 3 nitrogen and oxygen atoms in total. The van der Waals surface area contributed by atoms with E-state index in [1.807, 2.05) is 43.0 Å². The van der Waals surface area contributed by atoms with Gasteiger partial charge in [-0.25, -0.2) is 0 Å². The number of aliphatic hydroxyl groups is 1. The van der Waals surface area contributed by atoms with E-state index in [4.69, 9.17) is 0 Å². The first-order chi connectivity index (χ1) is 5.64. The molecule has 0 aromatic carbocycles. The van der Waals surface area contributed by atoms with Crippen LogP contribution in [0, 0.1) is 0 Å². The molecule has 68 valence electrons. The van der Waals surface area contributed by atoms with Crippen molar-refractivity contribution in [3.05, 3.63) is 24.5 Å². The fourth-order valence-corrected chi connectivity index (χ4v) is 0.827. The lowest BCUT2D eigenvalue weighted by atomic mass is 10.1. The molecular formula is C9H16N2O. The van der Waals surface area contributed by atoms with Crippen molar-refractivity contribution >= 4 is 0 Å². The average Bonchev–Trinajstić information content (AvgIpc) is 2.53. The van der Waals surface area contributed by atoms with Crippen LogP contribution in [0.5, 0.6) is 0 Å². The number of hydrogen-bond acceptors (Lipinski definition) is 2. The molecule has 3 heteroatoms. The van der Waals surface area contributed by atoms with E-state index in [1.165, 1.54) is 0 Å². The Hall–Kier alpha value is -0.960. The van der Waals surface area contributed by atoms with Crippen LogP contribution in [0.15, 0.2) is 24.5 Å². The summed E-state index contributed by atoms with van der Waals surface area (Å²) in [6.45, 7) is 4.36. The minimum atomic E-state index is -0.621. The van der Waals surface area contributed by atoms with Gasteiger partial charge in [0.15, 0.2) is 0 Å². The van der Waals surface area contributed by atoms with E-state index in [0.29, 0.717) is 6.54 Å². The van der Waals surface area contributed by atoms with E-state index in [9.17, 15) is 5.11 Å². The number of aromatic nitrogens is 1. The first-order valence-electron chi connectivity index (χ1n) is 4.23. The zero-order chi connectivity index (χ0) is 9.03. The van der Waals surface area contributed by atoms with Crippen molar-refractivity contribution in [3.63, 3.8) is 0 Å². The molecule has 0 bridgehead atoms. The molecule has 1 heterocycles. The SMILES string of the molecule is CCC(C)(O)CNn1cccc1. The van der Waals surface area contributed by atoms with Gasteiger partial charge in [-0.1, -0.05) is 6.92 Å². The molecule has 0 saturated carbocycles. The smallest absolute Gasteiger partial charge is 0.0804 e. The second kappa shape index (κ2) is 3.63. The lowest BCUT2D eigenvalue weighted by molar-refractivity contribution is 0.0670. The Balaban J connectivity index is 2.36. The summed E-state index contributed by atoms with van der Waals surface area (Å²) in [6, 6.07) is 3.88. The summed E-state index contributed by atoms with van der Waals surface area (Å²) in [5.74, 6) is 0. The third-order valence-electron chi connectivity index (χ3n) is 2.01. The Morgan fingerprint density at radius 2 is 2.00 bits per heavy atom. The van der Waals surface area contributed by atoms with Gasteiger partial charge in [0.1, 0.15) is 0 Å². The van der Waals surface area contributed by atoms with Crippen LogP contribution in [0.1, 0.15) is 20.3 Å². The van der Waals surface area contributed by atoms with Crippen LogP contribution >= 0.6 is 0 Å². The zero-order valence-electron chi connectivity index (χ0n) is 7.62. The van der Waals surface area contributed by atoms with Gasteiger partial charge < -0.3 is 10.5 Å². The highest BCUT2D eigenvalue weighted by Crippen LogP contribution is 2.06. The van der Waals surface area contributed by atoms with Crippen LogP contribution in [-0.2, 0) is 0 Å². The first-order valence-corrected chi connectivity index (χ1v) is 4.23. The van der Waals surface area contributed by atoms with Gasteiger partial charge in [0, 0.05) is 12.4 Å². The van der Waals surface area contributed by atoms with E-state index >= 15 is 0 Å². The van der Waals surface area contributed by atoms with Crippen molar-refractivity contribution in [1.82, 2.24) is 4.68 Å². The van der Waals surface area contributed by atoms with Crippen LogP contribution in [0.25, 0.3) is 0 Å². The predicted molar refractivity (Wildman–Crippen MR) is 49.6 cm³/mol. The van der Waals surface area contributed by atoms with Crippen molar-refractivity contribution in [2.24, 2.45) is 0 Å². The average molecular weight is 168 g/mol. The van der Waals surface area contributed by atoms with Crippen LogP contribution < -0.4 is 5.43 Å². The van der Waals surface area contributed by atoms with Crippen LogP contribution in [-0.4, -0.2) is 21.9 Å².